The molecule has 114 valence electrons. The summed E-state index contributed by atoms with van der Waals surface area (Å²) in [5, 5.41) is 2.10. The van der Waals surface area contributed by atoms with E-state index in [-0.39, 0.29) is 5.03 Å². The van der Waals surface area contributed by atoms with Crippen LogP contribution in [0.5, 0.6) is 0 Å². The molecule has 7 heteroatoms. The molecule has 5 nitrogen and oxygen atoms in total. The lowest BCUT2D eigenvalue weighted by Gasteiger charge is -2.20. The summed E-state index contributed by atoms with van der Waals surface area (Å²) in [6, 6.07) is 3.34. The molecule has 0 atom stereocenters. The Labute approximate surface area is 129 Å². The Morgan fingerprint density at radius 1 is 1.24 bits per heavy atom. The summed E-state index contributed by atoms with van der Waals surface area (Å²) >= 11 is 1.55. The zero-order valence-corrected chi connectivity index (χ0v) is 14.2. The number of hydrogen-bond acceptors (Lipinski definition) is 6. The van der Waals surface area contributed by atoms with Crippen LogP contribution in [-0.4, -0.2) is 30.2 Å². The van der Waals surface area contributed by atoms with Crippen LogP contribution in [0, 0.1) is 0 Å². The van der Waals surface area contributed by atoms with Crippen LogP contribution in [-0.2, 0) is 16.4 Å². The highest BCUT2D eigenvalue weighted by Crippen LogP contribution is 2.24. The Bertz CT molecular complexity index is 687. The second kappa shape index (κ2) is 5.73. The Kier molecular flexibility index (Phi) is 4.34. The molecule has 21 heavy (non-hydrogen) atoms. The molecular weight excluding hydrogens is 306 g/mol. The van der Waals surface area contributed by atoms with Crippen molar-refractivity contribution in [3.05, 3.63) is 34.9 Å². The van der Waals surface area contributed by atoms with Crippen molar-refractivity contribution in [3.63, 3.8) is 0 Å². The van der Waals surface area contributed by atoms with Gasteiger partial charge in [-0.1, -0.05) is 0 Å². The first-order valence-electron chi connectivity index (χ1n) is 6.51. The minimum atomic E-state index is -3.41. The van der Waals surface area contributed by atoms with Crippen molar-refractivity contribution >= 4 is 26.9 Å². The molecule has 0 N–H and O–H groups in total. The number of thiazole rings is 1. The highest BCUT2D eigenvalue weighted by Gasteiger charge is 2.31. The topological polar surface area (TPSA) is 63.2 Å². The van der Waals surface area contributed by atoms with Crippen LogP contribution in [0.4, 0.5) is 5.69 Å². The first-order valence-corrected chi connectivity index (χ1v) is 8.93. The monoisotopic (exact) mass is 325 g/mol. The van der Waals surface area contributed by atoms with Crippen molar-refractivity contribution in [2.24, 2.45) is 0 Å². The van der Waals surface area contributed by atoms with Gasteiger partial charge in [-0.15, -0.1) is 11.3 Å². The molecule has 0 bridgehead atoms. The van der Waals surface area contributed by atoms with Crippen LogP contribution in [0.15, 0.2) is 34.2 Å². The summed E-state index contributed by atoms with van der Waals surface area (Å²) in [5.41, 5.74) is 3.63. The van der Waals surface area contributed by atoms with E-state index in [0.29, 0.717) is 6.54 Å². The third-order valence-electron chi connectivity index (χ3n) is 3.13. The predicted molar refractivity (Wildman–Crippen MR) is 85.4 cm³/mol. The Morgan fingerprint density at radius 2 is 1.95 bits per heavy atom. The third kappa shape index (κ3) is 3.41. The van der Waals surface area contributed by atoms with Crippen molar-refractivity contribution in [1.29, 1.82) is 0 Å². The van der Waals surface area contributed by atoms with Crippen LogP contribution in [0.2, 0.25) is 0 Å². The van der Waals surface area contributed by atoms with Crippen molar-refractivity contribution in [3.8, 4) is 0 Å². The van der Waals surface area contributed by atoms with Crippen molar-refractivity contribution in [2.45, 2.75) is 37.1 Å². The van der Waals surface area contributed by atoms with Gasteiger partial charge in [0.1, 0.15) is 0 Å². The lowest BCUT2D eigenvalue weighted by Crippen LogP contribution is -2.28. The number of nitrogens with zero attached hydrogens (tertiary/aromatic N) is 3. The molecule has 2 rings (SSSR count). The molecule has 2 aromatic heterocycles. The standard InChI is InChI=1S/C14H19N3O2S2/c1-14(2,3)21(18,19)13-6-5-12(7-15-13)17(4)8-11-9-20-10-16-11/h5-7,9-10H,8H2,1-4H3. The second-order valence-electron chi connectivity index (χ2n) is 5.81. The molecule has 0 saturated carbocycles. The zero-order valence-electron chi connectivity index (χ0n) is 12.6. The van der Waals surface area contributed by atoms with Gasteiger partial charge in [0.05, 0.1) is 34.4 Å². The molecule has 0 aromatic carbocycles. The number of aromatic nitrogens is 2. The van der Waals surface area contributed by atoms with Crippen molar-refractivity contribution in [1.82, 2.24) is 9.97 Å². The predicted octanol–water partition coefficient (Wildman–Crippen LogP) is 2.75. The summed E-state index contributed by atoms with van der Waals surface area (Å²) in [6.07, 6.45) is 1.59. The van der Waals surface area contributed by atoms with Gasteiger partial charge >= 0.3 is 0 Å². The summed E-state index contributed by atoms with van der Waals surface area (Å²) in [5.74, 6) is 0. The Hall–Kier alpha value is -1.47. The van der Waals surface area contributed by atoms with E-state index in [2.05, 4.69) is 9.97 Å². The molecule has 0 amide bonds. The molecule has 2 heterocycles. The third-order valence-corrected chi connectivity index (χ3v) is 6.17. The first-order chi connectivity index (χ1) is 9.72. The minimum absolute atomic E-state index is 0.112. The lowest BCUT2D eigenvalue weighted by molar-refractivity contribution is 0.556. The molecule has 0 unspecified atom stereocenters. The van der Waals surface area contributed by atoms with Gasteiger partial charge < -0.3 is 4.90 Å². The minimum Gasteiger partial charge on any atom is -0.367 e. The molecule has 0 fully saturated rings. The van der Waals surface area contributed by atoms with E-state index in [9.17, 15) is 8.42 Å². The van der Waals surface area contributed by atoms with Crippen molar-refractivity contribution < 1.29 is 8.42 Å². The normalized spacial score (nSPS) is 12.4. The average molecular weight is 325 g/mol. The van der Waals surface area contributed by atoms with E-state index in [1.165, 1.54) is 0 Å². The Morgan fingerprint density at radius 3 is 2.43 bits per heavy atom. The SMILES string of the molecule is CN(Cc1cscn1)c1ccc(S(=O)(=O)C(C)(C)C)nc1. The maximum Gasteiger partial charge on any atom is 0.200 e. The molecule has 0 saturated heterocycles. The molecular formula is C14H19N3O2S2. The molecule has 0 spiro atoms. The number of hydrogen-bond donors (Lipinski definition) is 0. The van der Waals surface area contributed by atoms with E-state index in [0.717, 1.165) is 11.4 Å². The lowest BCUT2D eigenvalue weighted by atomic mass is 10.3. The van der Waals surface area contributed by atoms with Crippen LogP contribution in [0.25, 0.3) is 0 Å². The summed E-state index contributed by atoms with van der Waals surface area (Å²) in [4.78, 5) is 10.3. The number of rotatable bonds is 4. The van der Waals surface area contributed by atoms with E-state index in [4.69, 9.17) is 0 Å². The van der Waals surface area contributed by atoms with Crippen LogP contribution < -0.4 is 4.90 Å². The van der Waals surface area contributed by atoms with Gasteiger partial charge in [-0.2, -0.15) is 0 Å². The van der Waals surface area contributed by atoms with Gasteiger partial charge in [0.2, 0.25) is 0 Å². The summed E-state index contributed by atoms with van der Waals surface area (Å²) in [6.45, 7) is 5.68. The second-order valence-corrected chi connectivity index (χ2v) is 9.17. The van der Waals surface area contributed by atoms with Crippen LogP contribution in [0.1, 0.15) is 26.5 Å². The Balaban J connectivity index is 2.19. The first kappa shape index (κ1) is 15.9. The fourth-order valence-corrected chi connectivity index (χ4v) is 3.34. The van der Waals surface area contributed by atoms with Crippen LogP contribution >= 0.6 is 11.3 Å². The van der Waals surface area contributed by atoms with Gasteiger partial charge in [-0.25, -0.2) is 18.4 Å². The van der Waals surface area contributed by atoms with Gasteiger partial charge in [0.25, 0.3) is 0 Å². The zero-order chi connectivity index (χ0) is 15.7. The number of pyridine rings is 1. The molecule has 0 aliphatic rings. The maximum absolute atomic E-state index is 12.3. The van der Waals surface area contributed by atoms with Crippen molar-refractivity contribution in [2.75, 3.05) is 11.9 Å². The highest BCUT2D eigenvalue weighted by molar-refractivity contribution is 7.92. The van der Waals surface area contributed by atoms with E-state index >= 15 is 0 Å². The largest absolute Gasteiger partial charge is 0.367 e. The quantitative estimate of drug-likeness (QED) is 0.865. The van der Waals surface area contributed by atoms with E-state index in [1.54, 1.807) is 55.9 Å². The highest BCUT2D eigenvalue weighted by atomic mass is 32.2. The van der Waals surface area contributed by atoms with E-state index in [1.807, 2.05) is 17.3 Å². The maximum atomic E-state index is 12.3. The number of anilines is 1. The molecule has 0 aliphatic carbocycles. The molecule has 0 aliphatic heterocycles. The average Bonchev–Trinajstić information content (AvgIpc) is 2.90. The van der Waals surface area contributed by atoms with Gasteiger partial charge in [-0.3, -0.25) is 0 Å². The van der Waals surface area contributed by atoms with Crippen LogP contribution in [0.3, 0.4) is 0 Å². The van der Waals surface area contributed by atoms with E-state index < -0.39 is 14.6 Å². The summed E-state index contributed by atoms with van der Waals surface area (Å²) in [7, 11) is -1.48. The smallest absolute Gasteiger partial charge is 0.200 e. The van der Waals surface area contributed by atoms with Gasteiger partial charge in [-0.05, 0) is 32.9 Å². The number of sulfone groups is 1. The summed E-state index contributed by atoms with van der Waals surface area (Å²) < 4.78 is 23.8. The van der Waals surface area contributed by atoms with Gasteiger partial charge in [0, 0.05) is 12.4 Å². The fourth-order valence-electron chi connectivity index (χ4n) is 1.72. The molecule has 2 aromatic rings. The fraction of sp³-hybridized carbons (Fsp3) is 0.429. The van der Waals surface area contributed by atoms with Gasteiger partial charge in [0.15, 0.2) is 14.9 Å². The molecule has 0 radical (unpaired) electrons.